The second kappa shape index (κ2) is 11.1. The summed E-state index contributed by atoms with van der Waals surface area (Å²) in [5.74, 6) is 0.443. The van der Waals surface area contributed by atoms with Crippen molar-refractivity contribution in [3.05, 3.63) is 24.3 Å². The second-order valence-corrected chi connectivity index (χ2v) is 19.9. The van der Waals surface area contributed by atoms with Crippen molar-refractivity contribution in [2.45, 2.75) is 79.5 Å². The molecule has 3 heteroatoms. The number of carbonyl (C=O) groups excluding carboxylic acids is 1. The summed E-state index contributed by atoms with van der Waals surface area (Å²) in [5.41, 5.74) is 0. The van der Waals surface area contributed by atoms with Gasteiger partial charge in [0, 0.05) is 0 Å². The van der Waals surface area contributed by atoms with E-state index in [2.05, 4.69) is 32.9 Å². The molecule has 0 aromatic heterocycles. The predicted octanol–water partition coefficient (Wildman–Crippen LogP) is 5.67. The molecule has 2 nitrogen and oxygen atoms in total. The first-order valence-electron chi connectivity index (χ1n) is 9.37. The molecule has 1 aromatic carbocycles. The van der Waals surface area contributed by atoms with Crippen LogP contribution in [0.15, 0.2) is 24.3 Å². The van der Waals surface area contributed by atoms with Crippen molar-refractivity contribution in [1.82, 2.24) is 0 Å². The molecule has 0 aliphatic carbocycles. The Morgan fingerprint density at radius 3 is 1.65 bits per heavy atom. The van der Waals surface area contributed by atoms with Crippen LogP contribution in [0.3, 0.4) is 0 Å². The van der Waals surface area contributed by atoms with Crippen LogP contribution in [0.2, 0.25) is 13.3 Å². The molecule has 1 rings (SSSR count). The molecule has 0 aliphatic heterocycles. The van der Waals surface area contributed by atoms with E-state index in [1.54, 1.807) is 3.58 Å². The molecule has 23 heavy (non-hydrogen) atoms. The Hall–Kier alpha value is -0.511. The molecule has 1 aromatic rings. The molecule has 0 saturated carbocycles. The van der Waals surface area contributed by atoms with Crippen LogP contribution in [0.25, 0.3) is 0 Å². The van der Waals surface area contributed by atoms with Gasteiger partial charge in [0.05, 0.1) is 0 Å². The maximum atomic E-state index is 11.1. The number of carbonyl (C=O) groups is 1. The number of hydrogen-bond donors (Lipinski definition) is 0. The van der Waals surface area contributed by atoms with E-state index < -0.39 is 18.4 Å². The van der Waals surface area contributed by atoms with Gasteiger partial charge in [-0.2, -0.15) is 0 Å². The molecule has 0 unspecified atom stereocenters. The summed E-state index contributed by atoms with van der Waals surface area (Å²) in [6.45, 7) is 8.38. The van der Waals surface area contributed by atoms with Crippen molar-refractivity contribution in [2.75, 3.05) is 0 Å². The van der Waals surface area contributed by atoms with Gasteiger partial charge in [-0.1, -0.05) is 0 Å². The van der Waals surface area contributed by atoms with E-state index in [0.717, 1.165) is 0 Å². The molecule has 0 amide bonds. The van der Waals surface area contributed by atoms with Crippen molar-refractivity contribution in [3.63, 3.8) is 0 Å². The number of ether oxygens (including phenoxy) is 1. The Bertz CT molecular complexity index is 431. The minimum absolute atomic E-state index is 0.240. The maximum absolute atomic E-state index is 11.1. The summed E-state index contributed by atoms with van der Waals surface area (Å²) in [6.07, 6.45) is 7.99. The van der Waals surface area contributed by atoms with Crippen molar-refractivity contribution in [1.29, 1.82) is 0 Å². The fourth-order valence-corrected chi connectivity index (χ4v) is 19.3. The Balaban J connectivity index is 3.04. The minimum atomic E-state index is -2.32. The number of esters is 1. The number of rotatable bonds is 11. The van der Waals surface area contributed by atoms with E-state index >= 15 is 0 Å². The molecule has 0 heterocycles. The molecule has 0 N–H and O–H groups in total. The zero-order valence-corrected chi connectivity index (χ0v) is 18.3. The van der Waals surface area contributed by atoms with Crippen molar-refractivity contribution < 1.29 is 9.53 Å². The van der Waals surface area contributed by atoms with Gasteiger partial charge < -0.3 is 0 Å². The van der Waals surface area contributed by atoms with Crippen LogP contribution in [-0.4, -0.2) is 24.3 Å². The fraction of sp³-hybridized carbons (Fsp3) is 0.650. The van der Waals surface area contributed by atoms with Gasteiger partial charge >= 0.3 is 147 Å². The van der Waals surface area contributed by atoms with E-state index in [1.165, 1.54) is 58.8 Å². The summed E-state index contributed by atoms with van der Waals surface area (Å²) in [4.78, 5) is 11.1. The predicted molar refractivity (Wildman–Crippen MR) is 102 cm³/mol. The molecular weight excluding hydrogens is 391 g/mol. The van der Waals surface area contributed by atoms with Crippen LogP contribution >= 0.6 is 0 Å². The normalized spacial score (nSPS) is 11.5. The second-order valence-electron chi connectivity index (χ2n) is 6.71. The van der Waals surface area contributed by atoms with Gasteiger partial charge in [-0.05, 0) is 0 Å². The first-order chi connectivity index (χ1) is 11.1. The van der Waals surface area contributed by atoms with Crippen molar-refractivity contribution in [3.8, 4) is 5.75 Å². The number of unbranched alkanes of at least 4 members (excludes halogenated alkanes) is 3. The molecular formula is C20H34O2Sn. The molecule has 0 fully saturated rings. The number of hydrogen-bond acceptors (Lipinski definition) is 2. The Morgan fingerprint density at radius 2 is 1.30 bits per heavy atom. The fourth-order valence-electron chi connectivity index (χ4n) is 3.40. The van der Waals surface area contributed by atoms with Gasteiger partial charge in [-0.3, -0.25) is 0 Å². The summed E-state index contributed by atoms with van der Waals surface area (Å²) in [7, 11) is 0. The van der Waals surface area contributed by atoms with Gasteiger partial charge in [-0.15, -0.1) is 0 Å². The van der Waals surface area contributed by atoms with E-state index in [1.807, 2.05) is 12.1 Å². The zero-order valence-electron chi connectivity index (χ0n) is 15.5. The van der Waals surface area contributed by atoms with Gasteiger partial charge in [0.25, 0.3) is 0 Å². The Kier molecular flexibility index (Phi) is 9.92. The van der Waals surface area contributed by atoms with Crippen LogP contribution in [0.4, 0.5) is 0 Å². The Labute approximate surface area is 146 Å². The summed E-state index contributed by atoms with van der Waals surface area (Å²) in [5, 5.41) is 0. The average Bonchev–Trinajstić information content (AvgIpc) is 2.55. The van der Waals surface area contributed by atoms with Crippen LogP contribution in [0.1, 0.15) is 66.2 Å². The molecule has 0 spiro atoms. The summed E-state index contributed by atoms with van der Waals surface area (Å²) in [6, 6.07) is 8.56. The molecule has 0 radical (unpaired) electrons. The van der Waals surface area contributed by atoms with E-state index in [-0.39, 0.29) is 5.97 Å². The van der Waals surface area contributed by atoms with Crippen molar-refractivity contribution in [2.24, 2.45) is 0 Å². The van der Waals surface area contributed by atoms with Gasteiger partial charge in [0.2, 0.25) is 0 Å². The molecule has 130 valence electrons. The third kappa shape index (κ3) is 6.86. The standard InChI is InChI=1S/C8H7O2.3C4H9.Sn/c1-7(9)10-8-5-3-2-4-6-8;3*1-3-4-2;/h3-6H,1H3;3*1,3-4H2,2H3;. The first-order valence-corrected chi connectivity index (χ1v) is 16.8. The number of benzene rings is 1. The van der Waals surface area contributed by atoms with E-state index in [0.29, 0.717) is 5.75 Å². The molecule has 0 saturated heterocycles. The zero-order chi connectivity index (χ0) is 17.1. The van der Waals surface area contributed by atoms with Gasteiger partial charge in [0.1, 0.15) is 0 Å². The third-order valence-corrected chi connectivity index (χ3v) is 20.4. The van der Waals surface area contributed by atoms with Crippen LogP contribution in [-0.2, 0) is 4.79 Å². The van der Waals surface area contributed by atoms with E-state index in [9.17, 15) is 4.79 Å². The van der Waals surface area contributed by atoms with Crippen LogP contribution in [0, 0.1) is 0 Å². The average molecular weight is 425 g/mol. The molecule has 0 aliphatic rings. The third-order valence-electron chi connectivity index (χ3n) is 4.75. The van der Waals surface area contributed by atoms with Gasteiger partial charge in [-0.25, -0.2) is 0 Å². The van der Waals surface area contributed by atoms with E-state index in [4.69, 9.17) is 4.74 Å². The van der Waals surface area contributed by atoms with Crippen LogP contribution < -0.4 is 8.32 Å². The summed E-state index contributed by atoms with van der Waals surface area (Å²) >= 11 is -2.32. The van der Waals surface area contributed by atoms with Gasteiger partial charge in [0.15, 0.2) is 0 Å². The SMILES string of the molecule is CCC[CH2][Sn]([CH2]CCC)([CH2]CCC)[c]1ccc(OC(C)=O)cc1. The first kappa shape index (κ1) is 20.5. The van der Waals surface area contributed by atoms with Crippen molar-refractivity contribution >= 4 is 27.9 Å². The molecule has 0 bridgehead atoms. The monoisotopic (exact) mass is 426 g/mol. The Morgan fingerprint density at radius 1 is 0.870 bits per heavy atom. The quantitative estimate of drug-likeness (QED) is 0.260. The molecule has 0 atom stereocenters. The van der Waals surface area contributed by atoms with Crippen LogP contribution in [0.5, 0.6) is 5.75 Å². The summed E-state index contributed by atoms with van der Waals surface area (Å²) < 4.78 is 11.3. The topological polar surface area (TPSA) is 26.3 Å².